The van der Waals surface area contributed by atoms with Gasteiger partial charge >= 0.3 is 0 Å². The SMILES string of the molecule is CN(C(=O)CCn1[nH]c(=O)c2ccccc2c1=O)C1CCCCCC1. The van der Waals surface area contributed by atoms with E-state index in [9.17, 15) is 14.4 Å². The zero-order chi connectivity index (χ0) is 17.8. The first-order valence-electron chi connectivity index (χ1n) is 9.05. The molecule has 0 aliphatic heterocycles. The predicted octanol–water partition coefficient (Wildman–Crippen LogP) is 2.26. The van der Waals surface area contributed by atoms with E-state index >= 15 is 0 Å². The van der Waals surface area contributed by atoms with Gasteiger partial charge in [0.25, 0.3) is 11.1 Å². The van der Waals surface area contributed by atoms with Gasteiger partial charge in [0.1, 0.15) is 0 Å². The third-order valence-electron chi connectivity index (χ3n) is 5.20. The summed E-state index contributed by atoms with van der Waals surface area (Å²) < 4.78 is 1.25. The Balaban J connectivity index is 1.72. The monoisotopic (exact) mass is 343 g/mol. The van der Waals surface area contributed by atoms with E-state index < -0.39 is 0 Å². The zero-order valence-electron chi connectivity index (χ0n) is 14.7. The number of carbonyl (C=O) groups excluding carboxylic acids is 1. The van der Waals surface area contributed by atoms with Crippen LogP contribution in [0.4, 0.5) is 0 Å². The van der Waals surface area contributed by atoms with Crippen LogP contribution in [0.1, 0.15) is 44.9 Å². The molecule has 1 fully saturated rings. The molecular formula is C19H25N3O3. The number of nitrogens with zero attached hydrogens (tertiary/aromatic N) is 2. The van der Waals surface area contributed by atoms with Crippen LogP contribution < -0.4 is 11.1 Å². The Morgan fingerprint density at radius 3 is 2.44 bits per heavy atom. The molecular weight excluding hydrogens is 318 g/mol. The summed E-state index contributed by atoms with van der Waals surface area (Å²) in [5.41, 5.74) is -0.570. The van der Waals surface area contributed by atoms with E-state index in [0.717, 1.165) is 12.8 Å². The maximum absolute atomic E-state index is 12.5. The molecule has 134 valence electrons. The number of benzene rings is 1. The van der Waals surface area contributed by atoms with Crippen molar-refractivity contribution in [2.45, 2.75) is 57.5 Å². The Morgan fingerprint density at radius 1 is 1.12 bits per heavy atom. The van der Waals surface area contributed by atoms with Gasteiger partial charge in [-0.3, -0.25) is 19.5 Å². The normalized spacial score (nSPS) is 15.9. The lowest BCUT2D eigenvalue weighted by atomic mass is 10.1. The number of hydrogen-bond donors (Lipinski definition) is 1. The topological polar surface area (TPSA) is 75.2 Å². The second kappa shape index (κ2) is 7.68. The highest BCUT2D eigenvalue weighted by Gasteiger charge is 2.21. The summed E-state index contributed by atoms with van der Waals surface area (Å²) in [5.74, 6) is 0.0211. The summed E-state index contributed by atoms with van der Waals surface area (Å²) in [6, 6.07) is 7.03. The van der Waals surface area contributed by atoms with Gasteiger partial charge in [-0.1, -0.05) is 37.8 Å². The lowest BCUT2D eigenvalue weighted by Crippen LogP contribution is -2.38. The number of carbonyl (C=O) groups is 1. The fourth-order valence-electron chi connectivity index (χ4n) is 3.64. The molecule has 1 aliphatic carbocycles. The van der Waals surface area contributed by atoms with E-state index in [2.05, 4.69) is 5.10 Å². The van der Waals surface area contributed by atoms with E-state index in [1.807, 2.05) is 11.9 Å². The Kier molecular flexibility index (Phi) is 5.36. The van der Waals surface area contributed by atoms with Gasteiger partial charge in [0.15, 0.2) is 0 Å². The molecule has 1 amide bonds. The number of fused-ring (bicyclic) bond motifs is 1. The van der Waals surface area contributed by atoms with Crippen molar-refractivity contribution in [2.75, 3.05) is 7.05 Å². The van der Waals surface area contributed by atoms with Crippen LogP contribution in [0, 0.1) is 0 Å². The maximum atomic E-state index is 12.5. The van der Waals surface area contributed by atoms with E-state index in [1.54, 1.807) is 24.3 Å². The lowest BCUT2D eigenvalue weighted by Gasteiger charge is -2.27. The molecule has 2 aromatic rings. The molecule has 6 heteroatoms. The summed E-state index contributed by atoms with van der Waals surface area (Å²) >= 11 is 0. The van der Waals surface area contributed by atoms with Crippen molar-refractivity contribution in [1.29, 1.82) is 0 Å². The van der Waals surface area contributed by atoms with Crippen molar-refractivity contribution >= 4 is 16.7 Å². The second-order valence-electron chi connectivity index (χ2n) is 6.84. The number of aromatic amines is 1. The Labute approximate surface area is 146 Å². The number of hydrogen-bond acceptors (Lipinski definition) is 3. The molecule has 1 aromatic carbocycles. The molecule has 25 heavy (non-hydrogen) atoms. The first-order valence-corrected chi connectivity index (χ1v) is 9.05. The molecule has 0 bridgehead atoms. The average Bonchev–Trinajstić information content (AvgIpc) is 2.92. The third-order valence-corrected chi connectivity index (χ3v) is 5.20. The summed E-state index contributed by atoms with van der Waals surface area (Å²) in [4.78, 5) is 38.9. The van der Waals surface area contributed by atoms with E-state index in [4.69, 9.17) is 0 Å². The predicted molar refractivity (Wildman–Crippen MR) is 97.7 cm³/mol. The van der Waals surface area contributed by atoms with Gasteiger partial charge in [0, 0.05) is 19.5 Å². The first kappa shape index (κ1) is 17.5. The van der Waals surface area contributed by atoms with Crippen molar-refractivity contribution < 1.29 is 4.79 Å². The largest absolute Gasteiger partial charge is 0.343 e. The van der Waals surface area contributed by atoms with Crippen molar-refractivity contribution in [3.63, 3.8) is 0 Å². The molecule has 1 heterocycles. The van der Waals surface area contributed by atoms with Crippen molar-refractivity contribution in [3.8, 4) is 0 Å². The molecule has 1 N–H and O–H groups in total. The highest BCUT2D eigenvalue weighted by molar-refractivity contribution is 5.80. The standard InChI is InChI=1S/C19H25N3O3/c1-21(14-8-4-2-3-5-9-14)17(23)12-13-22-19(25)16-11-7-6-10-15(16)18(24)20-22/h6-7,10-11,14H,2-5,8-9,12-13H2,1H3,(H,20,24). The summed E-state index contributed by atoms with van der Waals surface area (Å²) in [6.45, 7) is 0.189. The maximum Gasteiger partial charge on any atom is 0.273 e. The zero-order valence-corrected chi connectivity index (χ0v) is 14.7. The second-order valence-corrected chi connectivity index (χ2v) is 6.84. The molecule has 0 unspecified atom stereocenters. The number of aryl methyl sites for hydroxylation is 1. The van der Waals surface area contributed by atoms with Gasteiger partial charge in [0.2, 0.25) is 5.91 Å². The highest BCUT2D eigenvalue weighted by atomic mass is 16.2. The molecule has 1 aliphatic rings. The summed E-state index contributed by atoms with van der Waals surface area (Å²) in [7, 11) is 1.85. The molecule has 3 rings (SSSR count). The minimum Gasteiger partial charge on any atom is -0.343 e. The minimum absolute atomic E-state index is 0.0211. The number of nitrogens with one attached hydrogen (secondary N) is 1. The smallest absolute Gasteiger partial charge is 0.273 e. The molecule has 1 saturated carbocycles. The molecule has 0 spiro atoms. The van der Waals surface area contributed by atoms with Gasteiger partial charge in [-0.15, -0.1) is 0 Å². The average molecular weight is 343 g/mol. The van der Waals surface area contributed by atoms with Crippen LogP contribution in [0.15, 0.2) is 33.9 Å². The number of amides is 1. The molecule has 0 saturated heterocycles. The number of rotatable bonds is 4. The molecule has 1 aromatic heterocycles. The van der Waals surface area contributed by atoms with Crippen molar-refractivity contribution in [2.24, 2.45) is 0 Å². The number of H-pyrrole nitrogens is 1. The van der Waals surface area contributed by atoms with Crippen LogP contribution in [0.25, 0.3) is 10.8 Å². The number of aromatic nitrogens is 2. The van der Waals surface area contributed by atoms with Gasteiger partial charge in [-0.2, -0.15) is 0 Å². The Morgan fingerprint density at radius 2 is 1.76 bits per heavy atom. The van der Waals surface area contributed by atoms with Crippen molar-refractivity contribution in [1.82, 2.24) is 14.7 Å². The Hall–Kier alpha value is -2.37. The van der Waals surface area contributed by atoms with Crippen LogP contribution in [0.5, 0.6) is 0 Å². The Bertz CT molecular complexity index is 860. The van der Waals surface area contributed by atoms with Crippen LogP contribution >= 0.6 is 0 Å². The van der Waals surface area contributed by atoms with Crippen LogP contribution in [0.2, 0.25) is 0 Å². The van der Waals surface area contributed by atoms with E-state index in [-0.39, 0.29) is 30.0 Å². The molecule has 6 nitrogen and oxygen atoms in total. The highest BCUT2D eigenvalue weighted by Crippen LogP contribution is 2.21. The lowest BCUT2D eigenvalue weighted by molar-refractivity contribution is -0.132. The minimum atomic E-state index is -0.306. The molecule has 0 radical (unpaired) electrons. The van der Waals surface area contributed by atoms with E-state index in [1.165, 1.54) is 30.4 Å². The quantitative estimate of drug-likeness (QED) is 0.865. The third kappa shape index (κ3) is 3.83. The summed E-state index contributed by atoms with van der Waals surface area (Å²) in [6.07, 6.45) is 7.13. The van der Waals surface area contributed by atoms with Gasteiger partial charge in [-0.05, 0) is 25.0 Å². The fourth-order valence-corrected chi connectivity index (χ4v) is 3.64. The summed E-state index contributed by atoms with van der Waals surface area (Å²) in [5, 5.41) is 3.35. The molecule has 0 atom stereocenters. The van der Waals surface area contributed by atoms with Gasteiger partial charge in [0.05, 0.1) is 17.3 Å². The fraction of sp³-hybridized carbons (Fsp3) is 0.526. The van der Waals surface area contributed by atoms with Crippen LogP contribution in [-0.4, -0.2) is 33.7 Å². The van der Waals surface area contributed by atoms with Crippen LogP contribution in [0.3, 0.4) is 0 Å². The van der Waals surface area contributed by atoms with Gasteiger partial charge < -0.3 is 4.90 Å². The first-order chi connectivity index (χ1) is 12.1. The van der Waals surface area contributed by atoms with Crippen molar-refractivity contribution in [3.05, 3.63) is 45.0 Å². The van der Waals surface area contributed by atoms with Crippen LogP contribution in [-0.2, 0) is 11.3 Å². The van der Waals surface area contributed by atoms with Gasteiger partial charge in [-0.25, -0.2) is 4.68 Å². The van der Waals surface area contributed by atoms with E-state index in [0.29, 0.717) is 16.8 Å².